The number of nitrogens with zero attached hydrogens (tertiary/aromatic N) is 4. The normalized spacial score (nSPS) is 24.4. The third kappa shape index (κ3) is 5.71. The van der Waals surface area contributed by atoms with Gasteiger partial charge in [-0.05, 0) is 31.5 Å². The Balaban J connectivity index is 1.28. The number of nitrogens with one attached hydrogen (secondary N) is 1. The quantitative estimate of drug-likeness (QED) is 0.559. The zero-order valence-electron chi connectivity index (χ0n) is 22.9. The number of carbonyl (C=O) groups excluding carboxylic acids is 3. The number of ketones is 1. The molecule has 4 heterocycles. The molecule has 1 aromatic heterocycles. The van der Waals surface area contributed by atoms with Crippen molar-refractivity contribution < 1.29 is 23.5 Å². The van der Waals surface area contributed by atoms with Crippen LogP contribution >= 0.6 is 11.3 Å². The first-order valence-electron chi connectivity index (χ1n) is 13.6. The van der Waals surface area contributed by atoms with Gasteiger partial charge in [-0.3, -0.25) is 14.4 Å². The molecule has 0 bridgehead atoms. The van der Waals surface area contributed by atoms with Crippen LogP contribution in [-0.2, 0) is 14.3 Å². The summed E-state index contributed by atoms with van der Waals surface area (Å²) in [5, 5.41) is 3.20. The maximum atomic E-state index is 14.8. The van der Waals surface area contributed by atoms with Crippen LogP contribution in [0, 0.1) is 17.0 Å². The monoisotopic (exact) mass is 557 g/mol. The number of likely N-dealkylation sites (N-methyl/N-ethyl adjacent to an activating group) is 1. The van der Waals surface area contributed by atoms with E-state index in [1.54, 1.807) is 29.2 Å². The summed E-state index contributed by atoms with van der Waals surface area (Å²) in [4.78, 5) is 49.7. The van der Waals surface area contributed by atoms with Crippen LogP contribution in [0.5, 0.6) is 0 Å². The molecule has 0 radical (unpaired) electrons. The molecule has 5 rings (SSSR count). The summed E-state index contributed by atoms with van der Waals surface area (Å²) in [5.41, 5.74) is 1.23. The van der Waals surface area contributed by atoms with Gasteiger partial charge in [-0.25, -0.2) is 4.98 Å². The van der Waals surface area contributed by atoms with Crippen LogP contribution in [0.4, 0.5) is 9.52 Å². The fraction of sp³-hybridized carbons (Fsp3) is 0.571. The molecule has 1 N–H and O–H groups in total. The average molecular weight is 558 g/mol. The predicted molar refractivity (Wildman–Crippen MR) is 147 cm³/mol. The van der Waals surface area contributed by atoms with Gasteiger partial charge >= 0.3 is 0 Å². The molecule has 0 aliphatic carbocycles. The van der Waals surface area contributed by atoms with Crippen molar-refractivity contribution in [1.82, 2.24) is 20.1 Å². The number of rotatable bonds is 7. The Morgan fingerprint density at radius 3 is 2.54 bits per heavy atom. The average Bonchev–Trinajstić information content (AvgIpc) is 3.58. The van der Waals surface area contributed by atoms with Crippen molar-refractivity contribution in [3.63, 3.8) is 0 Å². The molecule has 0 spiro atoms. The molecule has 39 heavy (non-hydrogen) atoms. The van der Waals surface area contributed by atoms with Gasteiger partial charge in [0.05, 0.1) is 6.10 Å². The van der Waals surface area contributed by atoms with E-state index in [1.165, 1.54) is 0 Å². The number of fused-ring (bicyclic) bond motifs is 1. The summed E-state index contributed by atoms with van der Waals surface area (Å²) in [5.74, 6) is -0.539. The highest BCUT2D eigenvalue weighted by Gasteiger charge is 2.51. The van der Waals surface area contributed by atoms with Gasteiger partial charge in [0, 0.05) is 49.8 Å². The third-order valence-corrected chi connectivity index (χ3v) is 8.71. The summed E-state index contributed by atoms with van der Waals surface area (Å²) >= 11 is 1.04. The molecule has 11 heteroatoms. The summed E-state index contributed by atoms with van der Waals surface area (Å²) in [6.45, 7) is 9.81. The summed E-state index contributed by atoms with van der Waals surface area (Å²) in [7, 11) is 2.07. The standard InChI is InChI=1S/C28H36FN5O4S/c1-16(2)13-20(27(37)34-14-17(3)24-23(34)21(35)15-38-24)30-26(36)19-7-5-18(6-8-19)22-25(29)39-28(31-22)33-11-9-32(4)10-12-33/h5-8,16-17,20,23-24H,9-15H2,1-4H3,(H,30,36). The number of halogens is 1. The number of piperazine rings is 1. The zero-order valence-corrected chi connectivity index (χ0v) is 23.7. The molecular weight excluding hydrogens is 521 g/mol. The number of hydrogen-bond acceptors (Lipinski definition) is 8. The molecule has 3 fully saturated rings. The lowest BCUT2D eigenvalue weighted by Gasteiger charge is -2.31. The fourth-order valence-corrected chi connectivity index (χ4v) is 6.50. The van der Waals surface area contributed by atoms with E-state index in [0.717, 1.165) is 37.5 Å². The van der Waals surface area contributed by atoms with Crippen molar-refractivity contribution in [3.8, 4) is 11.3 Å². The van der Waals surface area contributed by atoms with E-state index in [2.05, 4.69) is 27.1 Å². The van der Waals surface area contributed by atoms with Crippen LogP contribution in [-0.4, -0.2) is 96.9 Å². The van der Waals surface area contributed by atoms with Gasteiger partial charge in [-0.2, -0.15) is 4.39 Å². The summed E-state index contributed by atoms with van der Waals surface area (Å²) < 4.78 is 20.5. The number of hydrogen-bond donors (Lipinski definition) is 1. The number of benzene rings is 1. The number of Topliss-reactive ketones (excluding diaryl/α,β-unsaturated/α-hetero) is 1. The van der Waals surface area contributed by atoms with E-state index >= 15 is 0 Å². The molecule has 9 nitrogen and oxygen atoms in total. The SMILES string of the molecule is CC(C)CC(NC(=O)c1ccc(-c2nc(N3CCN(C)CC3)sc2F)cc1)C(=O)N1CC(C)C2OCC(=O)C21. The van der Waals surface area contributed by atoms with Crippen LogP contribution in [0.2, 0.25) is 0 Å². The Morgan fingerprint density at radius 1 is 1.18 bits per heavy atom. The second kappa shape index (κ2) is 11.3. The Morgan fingerprint density at radius 2 is 1.87 bits per heavy atom. The summed E-state index contributed by atoms with van der Waals surface area (Å²) in [6, 6.07) is 5.26. The molecule has 0 saturated carbocycles. The van der Waals surface area contributed by atoms with Gasteiger partial charge in [-0.15, -0.1) is 0 Å². The third-order valence-electron chi connectivity index (χ3n) is 7.80. The van der Waals surface area contributed by atoms with E-state index in [1.807, 2.05) is 20.8 Å². The maximum absolute atomic E-state index is 14.8. The number of ether oxygens (including phenoxy) is 1. The number of carbonyl (C=O) groups is 3. The van der Waals surface area contributed by atoms with Gasteiger partial charge in [0.2, 0.25) is 11.0 Å². The Bertz CT molecular complexity index is 1230. The van der Waals surface area contributed by atoms with Gasteiger partial charge in [-0.1, -0.05) is 44.2 Å². The molecule has 2 aromatic rings. The molecule has 2 amide bonds. The molecule has 3 aliphatic rings. The van der Waals surface area contributed by atoms with E-state index in [-0.39, 0.29) is 47.1 Å². The van der Waals surface area contributed by atoms with E-state index in [9.17, 15) is 18.8 Å². The number of likely N-dealkylation sites (tertiary alicyclic amines) is 1. The van der Waals surface area contributed by atoms with Crippen LogP contribution in [0.15, 0.2) is 24.3 Å². The highest BCUT2D eigenvalue weighted by molar-refractivity contribution is 7.14. The lowest BCUT2D eigenvalue weighted by Crippen LogP contribution is -2.52. The molecule has 1 aromatic carbocycles. The first kappa shape index (κ1) is 27.7. The molecule has 3 saturated heterocycles. The van der Waals surface area contributed by atoms with Crippen molar-refractivity contribution in [1.29, 1.82) is 0 Å². The van der Waals surface area contributed by atoms with Crippen molar-refractivity contribution >= 4 is 34.1 Å². The molecule has 3 aliphatic heterocycles. The summed E-state index contributed by atoms with van der Waals surface area (Å²) in [6.07, 6.45) is 0.159. The van der Waals surface area contributed by atoms with Crippen molar-refractivity contribution in [2.45, 2.75) is 45.4 Å². The Labute approximate surface area is 232 Å². The maximum Gasteiger partial charge on any atom is 0.251 e. The van der Waals surface area contributed by atoms with Crippen molar-refractivity contribution in [2.24, 2.45) is 11.8 Å². The van der Waals surface area contributed by atoms with Gasteiger partial charge < -0.3 is 24.8 Å². The minimum absolute atomic E-state index is 0.0213. The predicted octanol–water partition coefficient (Wildman–Crippen LogP) is 2.66. The molecule has 4 atom stereocenters. The lowest BCUT2D eigenvalue weighted by atomic mass is 10.0. The number of anilines is 1. The van der Waals surface area contributed by atoms with Crippen molar-refractivity contribution in [2.75, 3.05) is 51.3 Å². The molecular formula is C28H36FN5O4S. The second-order valence-corrected chi connectivity index (χ2v) is 12.2. The first-order chi connectivity index (χ1) is 18.6. The highest BCUT2D eigenvalue weighted by atomic mass is 32.1. The van der Waals surface area contributed by atoms with Gasteiger partial charge in [0.1, 0.15) is 24.4 Å². The smallest absolute Gasteiger partial charge is 0.251 e. The van der Waals surface area contributed by atoms with E-state index in [0.29, 0.717) is 29.2 Å². The lowest BCUT2D eigenvalue weighted by molar-refractivity contribution is -0.138. The Hall–Kier alpha value is -2.89. The van der Waals surface area contributed by atoms with Crippen LogP contribution in [0.25, 0.3) is 11.3 Å². The van der Waals surface area contributed by atoms with Gasteiger partial charge in [0.15, 0.2) is 10.9 Å². The van der Waals surface area contributed by atoms with Gasteiger partial charge in [0.25, 0.3) is 5.91 Å². The largest absolute Gasteiger partial charge is 0.367 e. The number of aromatic nitrogens is 1. The van der Waals surface area contributed by atoms with Crippen molar-refractivity contribution in [3.05, 3.63) is 35.0 Å². The van der Waals surface area contributed by atoms with E-state index < -0.39 is 18.0 Å². The van der Waals surface area contributed by atoms with Crippen LogP contribution in [0.3, 0.4) is 0 Å². The zero-order chi connectivity index (χ0) is 27.8. The van der Waals surface area contributed by atoms with Crippen LogP contribution in [0.1, 0.15) is 37.6 Å². The topological polar surface area (TPSA) is 95.1 Å². The highest BCUT2D eigenvalue weighted by Crippen LogP contribution is 2.33. The number of thiazole rings is 1. The minimum atomic E-state index is -0.765. The second-order valence-electron chi connectivity index (χ2n) is 11.3. The molecule has 210 valence electrons. The molecule has 4 unspecified atom stereocenters. The minimum Gasteiger partial charge on any atom is -0.367 e. The Kier molecular flexibility index (Phi) is 8.02. The number of amides is 2. The first-order valence-corrected chi connectivity index (χ1v) is 14.4. The fourth-order valence-electron chi connectivity index (χ4n) is 5.64. The van der Waals surface area contributed by atoms with Crippen LogP contribution < -0.4 is 10.2 Å². The van der Waals surface area contributed by atoms with E-state index in [4.69, 9.17) is 4.74 Å².